The van der Waals surface area contributed by atoms with Crippen LogP contribution < -0.4 is 5.32 Å². The molecule has 6 nitrogen and oxygen atoms in total. The molecular weight excluding hydrogens is 372 g/mol. The van der Waals surface area contributed by atoms with Crippen molar-refractivity contribution in [3.63, 3.8) is 0 Å². The van der Waals surface area contributed by atoms with Crippen LogP contribution in [0.2, 0.25) is 0 Å². The molecule has 0 saturated carbocycles. The summed E-state index contributed by atoms with van der Waals surface area (Å²) in [5.41, 5.74) is 3.66. The summed E-state index contributed by atoms with van der Waals surface area (Å²) in [5, 5.41) is 7.72. The Morgan fingerprint density at radius 2 is 2.07 bits per heavy atom. The van der Waals surface area contributed by atoms with Crippen molar-refractivity contribution in [1.29, 1.82) is 0 Å². The van der Waals surface area contributed by atoms with Gasteiger partial charge in [0.15, 0.2) is 5.69 Å². The molecule has 0 radical (unpaired) electrons. The van der Waals surface area contributed by atoms with Crippen LogP contribution in [0.5, 0.6) is 0 Å². The van der Waals surface area contributed by atoms with Crippen molar-refractivity contribution in [1.82, 2.24) is 20.0 Å². The highest BCUT2D eigenvalue weighted by Gasteiger charge is 2.38. The number of carbonyl (C=O) groups is 2. The van der Waals surface area contributed by atoms with Crippen molar-refractivity contribution in [3.05, 3.63) is 47.3 Å². The Morgan fingerprint density at radius 3 is 2.82 bits per heavy atom. The number of nitrogens with zero attached hydrogens (tertiary/aromatic N) is 3. The molecule has 1 aromatic carbocycles. The van der Waals surface area contributed by atoms with Gasteiger partial charge in [-0.3, -0.25) is 9.59 Å². The average molecular weight is 399 g/mol. The van der Waals surface area contributed by atoms with E-state index < -0.39 is 6.04 Å². The first kappa shape index (κ1) is 19.1. The molecule has 2 heterocycles. The molecule has 1 saturated heterocycles. The lowest BCUT2D eigenvalue weighted by molar-refractivity contribution is -0.125. The molecule has 1 fully saturated rings. The van der Waals surface area contributed by atoms with Crippen LogP contribution in [-0.2, 0) is 17.6 Å². The summed E-state index contributed by atoms with van der Waals surface area (Å²) in [6, 6.07) is 9.63. The third kappa shape index (κ3) is 3.43. The van der Waals surface area contributed by atoms with Crippen LogP contribution in [0.4, 0.5) is 0 Å². The number of para-hydroxylation sites is 1. The van der Waals surface area contributed by atoms with Gasteiger partial charge in [0.25, 0.3) is 5.91 Å². The summed E-state index contributed by atoms with van der Waals surface area (Å²) in [4.78, 5) is 27.7. The molecule has 0 unspecified atom stereocenters. The molecule has 7 heteroatoms. The normalized spacial score (nSPS) is 19.5. The fraction of sp³-hybridized carbons (Fsp3) is 0.476. The number of hydrogen-bond donors (Lipinski definition) is 1. The van der Waals surface area contributed by atoms with Gasteiger partial charge < -0.3 is 10.2 Å². The third-order valence-electron chi connectivity index (χ3n) is 5.58. The smallest absolute Gasteiger partial charge is 0.276 e. The number of benzene rings is 1. The Labute approximate surface area is 169 Å². The first-order valence-corrected chi connectivity index (χ1v) is 11.1. The van der Waals surface area contributed by atoms with E-state index in [0.717, 1.165) is 42.6 Å². The molecule has 4 rings (SSSR count). The number of fused-ring (bicyclic) bond motifs is 1. The largest absolute Gasteiger partial charge is 0.352 e. The first-order chi connectivity index (χ1) is 13.6. The molecule has 2 aliphatic rings. The zero-order chi connectivity index (χ0) is 19.7. The Bertz CT molecular complexity index is 880. The zero-order valence-electron chi connectivity index (χ0n) is 16.4. The van der Waals surface area contributed by atoms with Crippen LogP contribution in [0, 0.1) is 0 Å². The molecule has 0 bridgehead atoms. The molecule has 2 aromatic rings. The Kier molecular flexibility index (Phi) is 5.44. The van der Waals surface area contributed by atoms with Gasteiger partial charge in [0.1, 0.15) is 6.04 Å². The minimum atomic E-state index is -0.426. The number of amides is 2. The maximum atomic E-state index is 13.4. The van der Waals surface area contributed by atoms with Crippen LogP contribution in [-0.4, -0.2) is 50.2 Å². The maximum Gasteiger partial charge on any atom is 0.276 e. The molecule has 28 heavy (non-hydrogen) atoms. The molecule has 2 atom stereocenters. The minimum absolute atomic E-state index is 0.0631. The summed E-state index contributed by atoms with van der Waals surface area (Å²) in [5.74, 6) is 0.981. The molecule has 1 aromatic heterocycles. The van der Waals surface area contributed by atoms with Gasteiger partial charge in [-0.05, 0) is 44.7 Å². The Morgan fingerprint density at radius 1 is 1.29 bits per heavy atom. The predicted octanol–water partition coefficient (Wildman–Crippen LogP) is 2.79. The van der Waals surface area contributed by atoms with Gasteiger partial charge in [0.2, 0.25) is 5.91 Å². The van der Waals surface area contributed by atoms with E-state index in [4.69, 9.17) is 5.10 Å². The number of aromatic nitrogens is 2. The van der Waals surface area contributed by atoms with Crippen molar-refractivity contribution in [3.8, 4) is 5.69 Å². The lowest BCUT2D eigenvalue weighted by atomic mass is 10.1. The van der Waals surface area contributed by atoms with E-state index in [1.54, 1.807) is 16.7 Å². The second-order valence-electron chi connectivity index (χ2n) is 7.48. The summed E-state index contributed by atoms with van der Waals surface area (Å²) in [6.45, 7) is 4.03. The van der Waals surface area contributed by atoms with Crippen LogP contribution in [0.25, 0.3) is 5.69 Å². The second-order valence-corrected chi connectivity index (χ2v) is 8.48. The SMILES string of the molecule is CC[C@@H](C)NC(=O)[C@@H]1CSCN1C(=O)c1nn(-c2ccccc2)c2c1CCC2. The third-order valence-corrected chi connectivity index (χ3v) is 6.59. The Balaban J connectivity index is 1.62. The van der Waals surface area contributed by atoms with E-state index in [0.29, 0.717) is 17.3 Å². The number of nitrogens with one attached hydrogen (secondary N) is 1. The number of thioether (sulfide) groups is 1. The van der Waals surface area contributed by atoms with Gasteiger partial charge in [0.05, 0.1) is 11.6 Å². The summed E-state index contributed by atoms with van der Waals surface area (Å²) < 4.78 is 1.91. The quantitative estimate of drug-likeness (QED) is 0.841. The van der Waals surface area contributed by atoms with Gasteiger partial charge >= 0.3 is 0 Å². The van der Waals surface area contributed by atoms with Crippen LogP contribution in [0.3, 0.4) is 0 Å². The van der Waals surface area contributed by atoms with Crippen LogP contribution in [0.1, 0.15) is 48.4 Å². The zero-order valence-corrected chi connectivity index (χ0v) is 17.2. The number of hydrogen-bond acceptors (Lipinski definition) is 4. The van der Waals surface area contributed by atoms with Crippen molar-refractivity contribution in [2.75, 3.05) is 11.6 Å². The number of carbonyl (C=O) groups excluding carboxylic acids is 2. The van der Waals surface area contributed by atoms with Crippen molar-refractivity contribution >= 4 is 23.6 Å². The van der Waals surface area contributed by atoms with Crippen molar-refractivity contribution in [2.24, 2.45) is 0 Å². The van der Waals surface area contributed by atoms with Crippen molar-refractivity contribution < 1.29 is 9.59 Å². The van der Waals surface area contributed by atoms with Crippen LogP contribution >= 0.6 is 11.8 Å². The van der Waals surface area contributed by atoms with Gasteiger partial charge in [-0.25, -0.2) is 4.68 Å². The van der Waals surface area contributed by atoms with Gasteiger partial charge in [0, 0.05) is 23.1 Å². The lowest BCUT2D eigenvalue weighted by Gasteiger charge is -2.24. The van der Waals surface area contributed by atoms with Gasteiger partial charge in [-0.1, -0.05) is 25.1 Å². The monoisotopic (exact) mass is 398 g/mol. The fourth-order valence-corrected chi connectivity index (χ4v) is 4.98. The van der Waals surface area contributed by atoms with E-state index in [9.17, 15) is 9.59 Å². The molecule has 1 N–H and O–H groups in total. The van der Waals surface area contributed by atoms with E-state index in [-0.39, 0.29) is 17.9 Å². The maximum absolute atomic E-state index is 13.4. The molecule has 148 valence electrons. The van der Waals surface area contributed by atoms with E-state index in [1.165, 1.54) is 0 Å². The molecule has 2 amide bonds. The topological polar surface area (TPSA) is 67.2 Å². The van der Waals surface area contributed by atoms with Gasteiger partial charge in [-0.15, -0.1) is 11.8 Å². The standard InChI is InChI=1S/C21H26N4O2S/c1-3-14(2)22-20(26)18-12-28-13-24(18)21(27)19-16-10-7-11-17(16)25(23-19)15-8-5-4-6-9-15/h4-6,8-9,14,18H,3,7,10-13H2,1-2H3,(H,22,26)/t14-,18+/m1/s1. The first-order valence-electron chi connectivity index (χ1n) is 9.95. The molecular formula is C21H26N4O2S. The lowest BCUT2D eigenvalue weighted by Crippen LogP contribution is -2.49. The molecule has 1 aliphatic carbocycles. The highest BCUT2D eigenvalue weighted by molar-refractivity contribution is 7.99. The van der Waals surface area contributed by atoms with E-state index >= 15 is 0 Å². The van der Waals surface area contributed by atoms with Crippen molar-refractivity contribution in [2.45, 2.75) is 51.6 Å². The molecule has 1 aliphatic heterocycles. The predicted molar refractivity (Wildman–Crippen MR) is 111 cm³/mol. The number of rotatable bonds is 5. The molecule has 0 spiro atoms. The Hall–Kier alpha value is -2.28. The second kappa shape index (κ2) is 7.99. The summed E-state index contributed by atoms with van der Waals surface area (Å²) >= 11 is 1.62. The van der Waals surface area contributed by atoms with Crippen LogP contribution in [0.15, 0.2) is 30.3 Å². The summed E-state index contributed by atoms with van der Waals surface area (Å²) in [7, 11) is 0. The fourth-order valence-electron chi connectivity index (χ4n) is 3.83. The highest BCUT2D eigenvalue weighted by atomic mass is 32.2. The minimum Gasteiger partial charge on any atom is -0.352 e. The van der Waals surface area contributed by atoms with E-state index in [2.05, 4.69) is 5.32 Å². The average Bonchev–Trinajstić information content (AvgIpc) is 3.44. The van der Waals surface area contributed by atoms with Gasteiger partial charge in [-0.2, -0.15) is 5.10 Å². The summed E-state index contributed by atoms with van der Waals surface area (Å²) in [6.07, 6.45) is 3.70. The van der Waals surface area contributed by atoms with E-state index in [1.807, 2.05) is 48.9 Å². The highest BCUT2D eigenvalue weighted by Crippen LogP contribution is 2.31.